The molecule has 11 rings (SSSR count). The van der Waals surface area contributed by atoms with Gasteiger partial charge < -0.3 is 0 Å². The van der Waals surface area contributed by atoms with Crippen LogP contribution in [0.5, 0.6) is 0 Å². The Morgan fingerprint density at radius 2 is 0.800 bits per heavy atom. The van der Waals surface area contributed by atoms with Crippen molar-refractivity contribution in [2.24, 2.45) is 0 Å². The molecule has 9 aromatic carbocycles. The van der Waals surface area contributed by atoms with Crippen molar-refractivity contribution < 1.29 is 0 Å². The molecule has 0 aliphatic heterocycles. The number of hydrogen-bond acceptors (Lipinski definition) is 2. The first-order valence-corrected chi connectivity index (χ1v) is 18.7. The molecule has 50 heavy (non-hydrogen) atoms. The lowest BCUT2D eigenvalue weighted by Crippen LogP contribution is -1.91. The maximum Gasteiger partial charge on any atom is 0.0362 e. The monoisotopic (exact) mass is 668 g/mol. The van der Waals surface area contributed by atoms with E-state index in [9.17, 15) is 0 Å². The van der Waals surface area contributed by atoms with Crippen LogP contribution in [0.2, 0.25) is 0 Å². The van der Waals surface area contributed by atoms with E-state index in [4.69, 9.17) is 0 Å². The van der Waals surface area contributed by atoms with Gasteiger partial charge in [0, 0.05) is 40.3 Å². The number of fused-ring (bicyclic) bond motifs is 10. The van der Waals surface area contributed by atoms with Gasteiger partial charge in [-0.15, -0.1) is 22.7 Å². The van der Waals surface area contributed by atoms with E-state index in [-0.39, 0.29) is 0 Å². The lowest BCUT2D eigenvalue weighted by molar-refractivity contribution is 1.63. The molecule has 0 saturated heterocycles. The predicted molar refractivity (Wildman–Crippen MR) is 221 cm³/mol. The summed E-state index contributed by atoms with van der Waals surface area (Å²) in [5.74, 6) is 0. The summed E-state index contributed by atoms with van der Waals surface area (Å²) in [7, 11) is 0. The number of rotatable bonds is 3. The molecule has 0 spiro atoms. The van der Waals surface area contributed by atoms with Crippen LogP contribution >= 0.6 is 22.7 Å². The molecular weight excluding hydrogens is 641 g/mol. The molecule has 0 nitrogen and oxygen atoms in total. The van der Waals surface area contributed by atoms with E-state index < -0.39 is 0 Å². The highest BCUT2D eigenvalue weighted by Crippen LogP contribution is 2.46. The van der Waals surface area contributed by atoms with Gasteiger partial charge in [-0.25, -0.2) is 0 Å². The standard InChI is InChI=1S/C48H28S2/c1-2-11-29(12-3-1)46-34-15-4-6-17-36(34)47(37-18-7-5-16-35(37)46)33-14-10-13-30(25-33)31-21-23-43-40(26-31)41-27-32-22-24-44-48(39(32)28-45(41)50-43)38-19-8-9-20-42(38)49-44/h1-28H. The fourth-order valence-corrected chi connectivity index (χ4v) is 10.4. The molecule has 0 amide bonds. The minimum absolute atomic E-state index is 1.23. The maximum absolute atomic E-state index is 2.44. The molecule has 0 aliphatic carbocycles. The Hall–Kier alpha value is -5.80. The van der Waals surface area contributed by atoms with E-state index in [0.717, 1.165) is 0 Å². The Bertz CT molecular complexity index is 3080. The van der Waals surface area contributed by atoms with Crippen molar-refractivity contribution in [3.63, 3.8) is 0 Å². The summed E-state index contributed by atoms with van der Waals surface area (Å²) in [6, 6.07) is 63.1. The molecule has 2 aromatic heterocycles. The van der Waals surface area contributed by atoms with Gasteiger partial charge in [-0.2, -0.15) is 0 Å². The van der Waals surface area contributed by atoms with Crippen molar-refractivity contribution in [2.75, 3.05) is 0 Å². The van der Waals surface area contributed by atoms with Crippen molar-refractivity contribution >= 4 is 95.3 Å². The van der Waals surface area contributed by atoms with Gasteiger partial charge in [0.15, 0.2) is 0 Å². The first-order chi connectivity index (χ1) is 24.8. The molecule has 0 bridgehead atoms. The minimum atomic E-state index is 1.23. The summed E-state index contributed by atoms with van der Waals surface area (Å²) in [5, 5.41) is 13.2. The Kier molecular flexibility index (Phi) is 6.09. The summed E-state index contributed by atoms with van der Waals surface area (Å²) in [6.45, 7) is 0. The molecule has 2 heterocycles. The zero-order valence-electron chi connectivity index (χ0n) is 27.0. The average Bonchev–Trinajstić information content (AvgIpc) is 3.74. The third-order valence-electron chi connectivity index (χ3n) is 10.4. The summed E-state index contributed by atoms with van der Waals surface area (Å²) in [4.78, 5) is 0. The highest BCUT2D eigenvalue weighted by atomic mass is 32.1. The second-order valence-corrected chi connectivity index (χ2v) is 15.4. The van der Waals surface area contributed by atoms with Gasteiger partial charge in [-0.1, -0.05) is 127 Å². The summed E-state index contributed by atoms with van der Waals surface area (Å²) in [5.41, 5.74) is 7.55. The van der Waals surface area contributed by atoms with Gasteiger partial charge in [0.25, 0.3) is 0 Å². The van der Waals surface area contributed by atoms with Crippen molar-refractivity contribution in [2.45, 2.75) is 0 Å². The molecule has 0 atom stereocenters. The molecule has 2 heteroatoms. The van der Waals surface area contributed by atoms with Gasteiger partial charge in [0.1, 0.15) is 0 Å². The summed E-state index contributed by atoms with van der Waals surface area (Å²) < 4.78 is 5.38. The Morgan fingerprint density at radius 3 is 1.56 bits per heavy atom. The third-order valence-corrected chi connectivity index (χ3v) is 12.7. The van der Waals surface area contributed by atoms with Crippen LogP contribution in [0.15, 0.2) is 170 Å². The van der Waals surface area contributed by atoms with E-state index in [0.29, 0.717) is 0 Å². The van der Waals surface area contributed by atoms with Crippen molar-refractivity contribution in [1.82, 2.24) is 0 Å². The summed E-state index contributed by atoms with van der Waals surface area (Å²) in [6.07, 6.45) is 0. The highest BCUT2D eigenvalue weighted by molar-refractivity contribution is 7.26. The van der Waals surface area contributed by atoms with Crippen LogP contribution in [0.4, 0.5) is 0 Å². The molecule has 0 radical (unpaired) electrons. The lowest BCUT2D eigenvalue weighted by atomic mass is 9.85. The molecule has 0 N–H and O–H groups in total. The Labute approximate surface area is 297 Å². The minimum Gasteiger partial charge on any atom is -0.135 e. The fourth-order valence-electron chi connectivity index (χ4n) is 8.21. The normalized spacial score (nSPS) is 12.0. The van der Waals surface area contributed by atoms with Gasteiger partial charge in [-0.3, -0.25) is 0 Å². The lowest BCUT2D eigenvalue weighted by Gasteiger charge is -2.18. The number of thiophene rings is 2. The van der Waals surface area contributed by atoms with Gasteiger partial charge >= 0.3 is 0 Å². The predicted octanol–water partition coefficient (Wildman–Crippen LogP) is 14.9. The molecule has 0 aliphatic rings. The number of benzene rings is 9. The smallest absolute Gasteiger partial charge is 0.0362 e. The quantitative estimate of drug-likeness (QED) is 0.164. The maximum atomic E-state index is 2.44. The van der Waals surface area contributed by atoms with E-state index in [2.05, 4.69) is 170 Å². The van der Waals surface area contributed by atoms with Crippen LogP contribution in [0.25, 0.3) is 106 Å². The zero-order chi connectivity index (χ0) is 32.8. The van der Waals surface area contributed by atoms with Crippen LogP contribution in [0.1, 0.15) is 0 Å². The molecule has 0 saturated carbocycles. The van der Waals surface area contributed by atoms with E-state index >= 15 is 0 Å². The van der Waals surface area contributed by atoms with Gasteiger partial charge in [0.2, 0.25) is 0 Å². The van der Waals surface area contributed by atoms with Crippen molar-refractivity contribution in [1.29, 1.82) is 0 Å². The first kappa shape index (κ1) is 28.1. The van der Waals surface area contributed by atoms with E-state index in [1.54, 1.807) is 0 Å². The molecule has 232 valence electrons. The third kappa shape index (κ3) is 4.16. The van der Waals surface area contributed by atoms with Crippen LogP contribution in [-0.4, -0.2) is 0 Å². The van der Waals surface area contributed by atoms with Gasteiger partial charge in [-0.05, 0) is 108 Å². The van der Waals surface area contributed by atoms with E-state index in [1.807, 2.05) is 22.7 Å². The molecule has 0 fully saturated rings. The molecular formula is C48H28S2. The van der Waals surface area contributed by atoms with Gasteiger partial charge in [0.05, 0.1) is 0 Å². The van der Waals surface area contributed by atoms with Crippen LogP contribution in [-0.2, 0) is 0 Å². The van der Waals surface area contributed by atoms with E-state index in [1.165, 1.54) is 106 Å². The zero-order valence-corrected chi connectivity index (χ0v) is 28.6. The van der Waals surface area contributed by atoms with Crippen LogP contribution < -0.4 is 0 Å². The topological polar surface area (TPSA) is 0 Å². The second-order valence-electron chi connectivity index (χ2n) is 13.2. The highest BCUT2D eigenvalue weighted by Gasteiger charge is 2.17. The fraction of sp³-hybridized carbons (Fsp3) is 0. The Morgan fingerprint density at radius 1 is 0.260 bits per heavy atom. The average molecular weight is 669 g/mol. The first-order valence-electron chi connectivity index (χ1n) is 17.1. The molecule has 0 unspecified atom stereocenters. The van der Waals surface area contributed by atoms with Crippen LogP contribution in [0, 0.1) is 0 Å². The van der Waals surface area contributed by atoms with Crippen molar-refractivity contribution in [3.8, 4) is 33.4 Å². The van der Waals surface area contributed by atoms with Crippen molar-refractivity contribution in [3.05, 3.63) is 170 Å². The van der Waals surface area contributed by atoms with Crippen LogP contribution in [0.3, 0.4) is 0 Å². The number of hydrogen-bond donors (Lipinski definition) is 0. The summed E-state index contributed by atoms with van der Waals surface area (Å²) >= 11 is 3.79. The molecule has 11 aromatic rings. The SMILES string of the molecule is c1ccc(-c2c3ccccc3c(-c3cccc(-c4ccc5sc6cc7c(ccc8sc9ccccc9c87)cc6c5c4)c3)c3ccccc23)cc1. The second kappa shape index (κ2) is 10.9. The Balaban J connectivity index is 1.10. The largest absolute Gasteiger partial charge is 0.135 e.